The molecule has 1 N–H and O–H groups in total. The molecule has 2 aliphatic rings. The lowest BCUT2D eigenvalue weighted by molar-refractivity contribution is 0.102. The van der Waals surface area contributed by atoms with E-state index >= 15 is 0 Å². The second-order valence-corrected chi connectivity index (χ2v) is 9.59. The van der Waals surface area contributed by atoms with Gasteiger partial charge < -0.3 is 10.2 Å². The number of anilines is 2. The van der Waals surface area contributed by atoms with E-state index in [9.17, 15) is 18.0 Å². The Bertz CT molecular complexity index is 1540. The van der Waals surface area contributed by atoms with Crippen LogP contribution in [-0.4, -0.2) is 43.7 Å². The fourth-order valence-electron chi connectivity index (χ4n) is 4.80. The predicted octanol–water partition coefficient (Wildman–Crippen LogP) is 5.46. The summed E-state index contributed by atoms with van der Waals surface area (Å²) in [7, 11) is 0. The zero-order valence-corrected chi connectivity index (χ0v) is 20.7. The van der Waals surface area contributed by atoms with Crippen molar-refractivity contribution in [1.29, 1.82) is 0 Å². The number of benzene rings is 1. The van der Waals surface area contributed by atoms with E-state index in [0.717, 1.165) is 61.3 Å². The lowest BCUT2D eigenvalue weighted by atomic mass is 10.0. The van der Waals surface area contributed by atoms with Gasteiger partial charge in [-0.15, -0.1) is 0 Å². The molecule has 1 aromatic carbocycles. The van der Waals surface area contributed by atoms with Crippen molar-refractivity contribution < 1.29 is 18.0 Å². The van der Waals surface area contributed by atoms with Gasteiger partial charge in [-0.25, -0.2) is 23.1 Å². The van der Waals surface area contributed by atoms with Gasteiger partial charge in [0.2, 0.25) is 0 Å². The van der Waals surface area contributed by atoms with Crippen LogP contribution in [0.1, 0.15) is 52.6 Å². The highest BCUT2D eigenvalue weighted by Gasteiger charge is 2.28. The zero-order valence-electron chi connectivity index (χ0n) is 19.9. The number of carbonyl (C=O) groups is 1. The number of rotatable bonds is 6. The van der Waals surface area contributed by atoms with Crippen molar-refractivity contribution in [1.82, 2.24) is 24.7 Å². The molecule has 0 radical (unpaired) electrons. The molecule has 6 rings (SSSR count). The summed E-state index contributed by atoms with van der Waals surface area (Å²) >= 11 is 5.81. The van der Waals surface area contributed by atoms with Crippen LogP contribution < -0.4 is 10.2 Å². The summed E-state index contributed by atoms with van der Waals surface area (Å²) < 4.78 is 43.5. The van der Waals surface area contributed by atoms with E-state index in [0.29, 0.717) is 5.69 Å². The number of hydrogen-bond donors (Lipinski definition) is 1. The maximum absolute atomic E-state index is 14.7. The van der Waals surface area contributed by atoms with Gasteiger partial charge in [0.1, 0.15) is 11.5 Å². The van der Waals surface area contributed by atoms with Gasteiger partial charge in [-0.05, 0) is 37.0 Å². The Morgan fingerprint density at radius 2 is 1.95 bits per heavy atom. The maximum atomic E-state index is 14.7. The van der Waals surface area contributed by atoms with E-state index in [2.05, 4.69) is 31.3 Å². The molecule has 38 heavy (non-hydrogen) atoms. The molecule has 1 aliphatic heterocycles. The molecule has 0 bridgehead atoms. The van der Waals surface area contributed by atoms with Crippen molar-refractivity contribution in [3.05, 3.63) is 82.4 Å². The van der Waals surface area contributed by atoms with Crippen LogP contribution in [0.5, 0.6) is 0 Å². The normalized spacial score (nSPS) is 16.4. The smallest absolute Gasteiger partial charge is 0.275 e. The van der Waals surface area contributed by atoms with Gasteiger partial charge in [0.05, 0.1) is 41.0 Å². The number of aromatic nitrogens is 5. The molecule has 8 nitrogen and oxygen atoms in total. The average molecular weight is 540 g/mol. The summed E-state index contributed by atoms with van der Waals surface area (Å²) in [5, 5.41) is 6.78. The highest BCUT2D eigenvalue weighted by molar-refractivity contribution is 6.31. The Morgan fingerprint density at radius 3 is 2.71 bits per heavy atom. The maximum Gasteiger partial charge on any atom is 0.275 e. The summed E-state index contributed by atoms with van der Waals surface area (Å²) in [6.45, 7) is 2.07. The van der Waals surface area contributed by atoms with Crippen LogP contribution in [0.15, 0.2) is 49.1 Å². The molecule has 3 aromatic heterocycles. The first-order valence-electron chi connectivity index (χ1n) is 12.1. The van der Waals surface area contributed by atoms with E-state index in [4.69, 9.17) is 16.6 Å². The molecule has 1 aliphatic carbocycles. The summed E-state index contributed by atoms with van der Waals surface area (Å²) in [6, 6.07) is 6.20. The summed E-state index contributed by atoms with van der Waals surface area (Å²) in [4.78, 5) is 28.0. The molecule has 0 saturated carbocycles. The van der Waals surface area contributed by atoms with Gasteiger partial charge in [-0.3, -0.25) is 14.5 Å². The zero-order chi connectivity index (χ0) is 26.4. The van der Waals surface area contributed by atoms with E-state index in [1.54, 1.807) is 10.9 Å². The lowest BCUT2D eigenvalue weighted by Gasteiger charge is -2.32. The van der Waals surface area contributed by atoms with Crippen LogP contribution in [0, 0.1) is 5.82 Å². The standard InChI is InChI=1S/C26H21ClF3N7O/c27-17-4-2-16(25(29)30)23(24(17)28)19-11-31-12-20(34-19)26(38)33-14-10-32-37(13-14)21-6-5-18-15(21)3-7-22(35-18)36-8-1-9-36/h2-4,7,10-13,21,25H,1,5-6,8-9H2,(H,33,38)/t21-/m0/s1. The van der Waals surface area contributed by atoms with Gasteiger partial charge in [-0.2, -0.15) is 5.10 Å². The second kappa shape index (κ2) is 9.71. The molecule has 0 spiro atoms. The highest BCUT2D eigenvalue weighted by Crippen LogP contribution is 2.36. The van der Waals surface area contributed by atoms with Gasteiger partial charge in [0.15, 0.2) is 5.82 Å². The number of halogens is 4. The van der Waals surface area contributed by atoms with Gasteiger partial charge >= 0.3 is 0 Å². The lowest BCUT2D eigenvalue weighted by Crippen LogP contribution is -2.37. The number of carbonyl (C=O) groups excluding carboxylic acids is 1. The molecular weight excluding hydrogens is 519 g/mol. The molecule has 12 heteroatoms. The molecule has 1 saturated heterocycles. The summed E-state index contributed by atoms with van der Waals surface area (Å²) in [6.07, 6.45) is 5.40. The minimum atomic E-state index is -2.97. The van der Waals surface area contributed by atoms with E-state index in [1.165, 1.54) is 18.8 Å². The Labute approximate surface area is 220 Å². The van der Waals surface area contributed by atoms with Crippen molar-refractivity contribution in [2.75, 3.05) is 23.3 Å². The largest absolute Gasteiger partial charge is 0.356 e. The molecule has 0 unspecified atom stereocenters. The topological polar surface area (TPSA) is 88.8 Å². The third-order valence-corrected chi connectivity index (χ3v) is 7.14. The fraction of sp³-hybridized carbons (Fsp3) is 0.269. The number of hydrogen-bond acceptors (Lipinski definition) is 6. The Hall–Kier alpha value is -3.99. The Kier molecular flexibility index (Phi) is 6.22. The van der Waals surface area contributed by atoms with Crippen molar-refractivity contribution >= 4 is 29.0 Å². The third kappa shape index (κ3) is 4.36. The van der Waals surface area contributed by atoms with Crippen LogP contribution >= 0.6 is 11.6 Å². The molecule has 194 valence electrons. The van der Waals surface area contributed by atoms with Crippen molar-refractivity contribution in [3.8, 4) is 11.3 Å². The van der Waals surface area contributed by atoms with Crippen LogP contribution in [-0.2, 0) is 6.42 Å². The van der Waals surface area contributed by atoms with Crippen molar-refractivity contribution in [2.45, 2.75) is 31.7 Å². The van der Waals surface area contributed by atoms with Crippen LogP contribution in [0.2, 0.25) is 5.02 Å². The SMILES string of the molecule is O=C(Nc1cnn([C@H]2CCc3nc(N4CCC4)ccc32)c1)c1cncc(-c2c(C(F)F)ccc(Cl)c2F)n1. The van der Waals surface area contributed by atoms with Gasteiger partial charge in [-0.1, -0.05) is 23.7 Å². The van der Waals surface area contributed by atoms with E-state index in [1.807, 2.05) is 6.07 Å². The predicted molar refractivity (Wildman–Crippen MR) is 135 cm³/mol. The molecule has 4 aromatic rings. The Morgan fingerprint density at radius 1 is 1.11 bits per heavy atom. The van der Waals surface area contributed by atoms with Crippen molar-refractivity contribution in [3.63, 3.8) is 0 Å². The first-order chi connectivity index (χ1) is 18.4. The number of pyridine rings is 1. The third-order valence-electron chi connectivity index (χ3n) is 6.85. The summed E-state index contributed by atoms with van der Waals surface area (Å²) in [5.74, 6) is -0.695. The first-order valence-corrected chi connectivity index (χ1v) is 12.5. The quantitative estimate of drug-likeness (QED) is 0.350. The number of alkyl halides is 2. The summed E-state index contributed by atoms with van der Waals surface area (Å²) in [5.41, 5.74) is 1.09. The van der Waals surface area contributed by atoms with Gasteiger partial charge in [0.25, 0.3) is 12.3 Å². The highest BCUT2D eigenvalue weighted by atomic mass is 35.5. The molecule has 1 fully saturated rings. The van der Waals surface area contributed by atoms with Gasteiger partial charge in [0, 0.05) is 36.1 Å². The minimum absolute atomic E-state index is 0.00437. The van der Waals surface area contributed by atoms with E-state index in [-0.39, 0.29) is 22.5 Å². The number of nitrogens with one attached hydrogen (secondary N) is 1. The number of nitrogens with zero attached hydrogens (tertiary/aromatic N) is 6. The molecule has 1 atom stereocenters. The fourth-order valence-corrected chi connectivity index (χ4v) is 4.96. The van der Waals surface area contributed by atoms with Crippen LogP contribution in [0.3, 0.4) is 0 Å². The second-order valence-electron chi connectivity index (χ2n) is 9.18. The average Bonchev–Trinajstić information content (AvgIpc) is 3.51. The molecule has 1 amide bonds. The van der Waals surface area contributed by atoms with Crippen LogP contribution in [0.25, 0.3) is 11.3 Å². The van der Waals surface area contributed by atoms with Crippen molar-refractivity contribution in [2.24, 2.45) is 0 Å². The number of fused-ring (bicyclic) bond motifs is 1. The minimum Gasteiger partial charge on any atom is -0.356 e. The number of amides is 1. The monoisotopic (exact) mass is 539 g/mol. The van der Waals surface area contributed by atoms with Crippen LogP contribution in [0.4, 0.5) is 24.7 Å². The first kappa shape index (κ1) is 24.4. The molecule has 4 heterocycles. The Balaban J connectivity index is 1.21. The molecular formula is C26H21ClF3N7O. The van der Waals surface area contributed by atoms with E-state index < -0.39 is 29.3 Å². The number of aryl methyl sites for hydroxylation is 1.